The number of H-pyrrole nitrogens is 1. The SMILES string of the molecule is CC(C)=CCOc1cccc(CNc2cc3c(cn2)[nH]c2ccccc23)c1. The van der Waals surface area contributed by atoms with Crippen molar-refractivity contribution in [2.75, 3.05) is 11.9 Å². The number of benzene rings is 2. The molecule has 2 aromatic heterocycles. The molecule has 4 heteroatoms. The number of anilines is 1. The Kier molecular flexibility index (Phi) is 4.79. The van der Waals surface area contributed by atoms with E-state index in [2.05, 4.69) is 71.6 Å². The van der Waals surface area contributed by atoms with Crippen LogP contribution in [0.1, 0.15) is 19.4 Å². The van der Waals surface area contributed by atoms with Crippen molar-refractivity contribution in [2.24, 2.45) is 0 Å². The van der Waals surface area contributed by atoms with Crippen molar-refractivity contribution in [1.29, 1.82) is 0 Å². The minimum Gasteiger partial charge on any atom is -0.490 e. The van der Waals surface area contributed by atoms with Crippen LogP contribution in [0.2, 0.25) is 0 Å². The molecule has 4 aromatic rings. The normalized spacial score (nSPS) is 10.9. The van der Waals surface area contributed by atoms with Crippen LogP contribution in [0.4, 0.5) is 5.82 Å². The lowest BCUT2D eigenvalue weighted by Crippen LogP contribution is -2.02. The number of fused-ring (bicyclic) bond motifs is 3. The standard InChI is InChI=1S/C23H23N3O/c1-16(2)10-11-27-18-7-5-6-17(12-18)14-24-23-13-20-19-8-3-4-9-21(19)26-22(20)15-25-23/h3-10,12-13,15,26H,11,14H2,1-2H3,(H,24,25). The summed E-state index contributed by atoms with van der Waals surface area (Å²) in [6.45, 7) is 5.43. The van der Waals surface area contributed by atoms with Crippen molar-refractivity contribution >= 4 is 27.6 Å². The molecule has 0 aliphatic rings. The predicted octanol–water partition coefficient (Wildman–Crippen LogP) is 5.67. The molecule has 0 saturated heterocycles. The molecule has 0 spiro atoms. The molecule has 4 rings (SSSR count). The monoisotopic (exact) mass is 357 g/mol. The van der Waals surface area contributed by atoms with Crippen LogP contribution in [0.25, 0.3) is 21.8 Å². The number of hydrogen-bond acceptors (Lipinski definition) is 3. The Morgan fingerprint density at radius 3 is 2.81 bits per heavy atom. The molecule has 0 amide bonds. The maximum absolute atomic E-state index is 5.78. The van der Waals surface area contributed by atoms with Gasteiger partial charge in [0.2, 0.25) is 0 Å². The molecule has 27 heavy (non-hydrogen) atoms. The number of aromatic nitrogens is 2. The van der Waals surface area contributed by atoms with Crippen molar-refractivity contribution in [3.05, 3.63) is 78.0 Å². The second kappa shape index (κ2) is 7.54. The van der Waals surface area contributed by atoms with E-state index in [0.717, 1.165) is 28.2 Å². The van der Waals surface area contributed by atoms with Gasteiger partial charge in [-0.2, -0.15) is 0 Å². The Hall–Kier alpha value is -3.27. The van der Waals surface area contributed by atoms with Gasteiger partial charge in [-0.1, -0.05) is 35.9 Å². The Balaban J connectivity index is 1.48. The highest BCUT2D eigenvalue weighted by Gasteiger charge is 2.05. The van der Waals surface area contributed by atoms with Crippen LogP contribution in [-0.2, 0) is 6.54 Å². The highest BCUT2D eigenvalue weighted by Crippen LogP contribution is 2.26. The molecule has 0 aliphatic heterocycles. The van der Waals surface area contributed by atoms with Crippen molar-refractivity contribution < 1.29 is 4.74 Å². The zero-order valence-electron chi connectivity index (χ0n) is 15.6. The van der Waals surface area contributed by atoms with E-state index in [1.54, 1.807) is 0 Å². The van der Waals surface area contributed by atoms with E-state index in [1.165, 1.54) is 16.3 Å². The number of nitrogens with one attached hydrogen (secondary N) is 2. The van der Waals surface area contributed by atoms with Gasteiger partial charge in [-0.15, -0.1) is 0 Å². The van der Waals surface area contributed by atoms with E-state index in [9.17, 15) is 0 Å². The van der Waals surface area contributed by atoms with Crippen molar-refractivity contribution in [3.63, 3.8) is 0 Å². The summed E-state index contributed by atoms with van der Waals surface area (Å²) in [5.41, 5.74) is 4.60. The Labute approximate surface area is 158 Å². The maximum atomic E-state index is 5.78. The smallest absolute Gasteiger partial charge is 0.126 e. The van der Waals surface area contributed by atoms with Gasteiger partial charge in [0.05, 0.1) is 11.7 Å². The van der Waals surface area contributed by atoms with E-state index >= 15 is 0 Å². The molecule has 0 bridgehead atoms. The Morgan fingerprint density at radius 1 is 1.04 bits per heavy atom. The molecular formula is C23H23N3O. The van der Waals surface area contributed by atoms with Gasteiger partial charge in [0.1, 0.15) is 18.2 Å². The Morgan fingerprint density at radius 2 is 1.93 bits per heavy atom. The lowest BCUT2D eigenvalue weighted by Gasteiger charge is -2.09. The van der Waals surface area contributed by atoms with Crippen molar-refractivity contribution in [1.82, 2.24) is 9.97 Å². The zero-order chi connectivity index (χ0) is 18.6. The van der Waals surface area contributed by atoms with Crippen LogP contribution in [0, 0.1) is 0 Å². The molecule has 4 nitrogen and oxygen atoms in total. The molecule has 0 saturated carbocycles. The molecule has 0 atom stereocenters. The molecular weight excluding hydrogens is 334 g/mol. The van der Waals surface area contributed by atoms with Gasteiger partial charge in [-0.25, -0.2) is 4.98 Å². The first-order valence-electron chi connectivity index (χ1n) is 9.14. The molecule has 0 radical (unpaired) electrons. The lowest BCUT2D eigenvalue weighted by atomic mass is 10.2. The van der Waals surface area contributed by atoms with E-state index in [-0.39, 0.29) is 0 Å². The van der Waals surface area contributed by atoms with Gasteiger partial charge in [0.25, 0.3) is 0 Å². The maximum Gasteiger partial charge on any atom is 0.126 e. The predicted molar refractivity (Wildman–Crippen MR) is 112 cm³/mol. The number of pyridine rings is 1. The number of ether oxygens (including phenoxy) is 1. The summed E-state index contributed by atoms with van der Waals surface area (Å²) >= 11 is 0. The third kappa shape index (κ3) is 3.95. The lowest BCUT2D eigenvalue weighted by molar-refractivity contribution is 0.361. The Bertz CT molecular complexity index is 1110. The first-order chi connectivity index (χ1) is 13.2. The quantitative estimate of drug-likeness (QED) is 0.437. The largest absolute Gasteiger partial charge is 0.490 e. The first kappa shape index (κ1) is 17.2. The molecule has 2 heterocycles. The third-order valence-corrected chi connectivity index (χ3v) is 4.50. The molecule has 0 unspecified atom stereocenters. The summed E-state index contributed by atoms with van der Waals surface area (Å²) in [7, 11) is 0. The summed E-state index contributed by atoms with van der Waals surface area (Å²) in [5, 5.41) is 5.81. The summed E-state index contributed by atoms with van der Waals surface area (Å²) in [6.07, 6.45) is 3.96. The van der Waals surface area contributed by atoms with Crippen LogP contribution in [-0.4, -0.2) is 16.6 Å². The fourth-order valence-corrected chi connectivity index (χ4v) is 3.09. The van der Waals surface area contributed by atoms with Crippen LogP contribution in [0.5, 0.6) is 5.75 Å². The topological polar surface area (TPSA) is 49.9 Å². The minimum absolute atomic E-state index is 0.595. The molecule has 2 N–H and O–H groups in total. The number of aromatic amines is 1. The van der Waals surface area contributed by atoms with E-state index < -0.39 is 0 Å². The summed E-state index contributed by atoms with van der Waals surface area (Å²) in [5.74, 6) is 1.75. The molecule has 2 aromatic carbocycles. The van der Waals surface area contributed by atoms with Gasteiger partial charge >= 0.3 is 0 Å². The highest BCUT2D eigenvalue weighted by molar-refractivity contribution is 6.07. The number of rotatable bonds is 6. The number of allylic oxidation sites excluding steroid dienone is 1. The average Bonchev–Trinajstić information content (AvgIpc) is 3.04. The number of hydrogen-bond donors (Lipinski definition) is 2. The summed E-state index contributed by atoms with van der Waals surface area (Å²) in [6, 6.07) is 18.6. The summed E-state index contributed by atoms with van der Waals surface area (Å²) < 4.78 is 5.78. The highest BCUT2D eigenvalue weighted by atomic mass is 16.5. The minimum atomic E-state index is 0.595. The van der Waals surface area contributed by atoms with E-state index in [0.29, 0.717) is 13.2 Å². The van der Waals surface area contributed by atoms with Gasteiger partial charge < -0.3 is 15.0 Å². The van der Waals surface area contributed by atoms with Gasteiger partial charge in [0.15, 0.2) is 0 Å². The number of nitrogens with zero attached hydrogens (tertiary/aromatic N) is 1. The molecule has 0 fully saturated rings. The molecule has 0 aliphatic carbocycles. The fourth-order valence-electron chi connectivity index (χ4n) is 3.09. The summed E-state index contributed by atoms with van der Waals surface area (Å²) in [4.78, 5) is 7.93. The second-order valence-electron chi connectivity index (χ2n) is 6.88. The van der Waals surface area contributed by atoms with Crippen LogP contribution in [0.3, 0.4) is 0 Å². The van der Waals surface area contributed by atoms with Crippen LogP contribution >= 0.6 is 0 Å². The van der Waals surface area contributed by atoms with E-state index in [4.69, 9.17) is 4.74 Å². The molecule has 136 valence electrons. The number of para-hydroxylation sites is 1. The van der Waals surface area contributed by atoms with Crippen molar-refractivity contribution in [3.8, 4) is 5.75 Å². The average molecular weight is 357 g/mol. The van der Waals surface area contributed by atoms with Gasteiger partial charge in [0, 0.05) is 22.8 Å². The van der Waals surface area contributed by atoms with Crippen molar-refractivity contribution in [2.45, 2.75) is 20.4 Å². The first-order valence-corrected chi connectivity index (χ1v) is 9.14. The second-order valence-corrected chi connectivity index (χ2v) is 6.88. The zero-order valence-corrected chi connectivity index (χ0v) is 15.6. The van der Waals surface area contributed by atoms with Crippen LogP contribution in [0.15, 0.2) is 72.4 Å². The van der Waals surface area contributed by atoms with Crippen LogP contribution < -0.4 is 10.1 Å². The van der Waals surface area contributed by atoms with E-state index in [1.807, 2.05) is 24.4 Å². The van der Waals surface area contributed by atoms with Gasteiger partial charge in [-0.05, 0) is 49.8 Å². The third-order valence-electron chi connectivity index (χ3n) is 4.50. The van der Waals surface area contributed by atoms with Gasteiger partial charge in [-0.3, -0.25) is 0 Å². The fraction of sp³-hybridized carbons (Fsp3) is 0.174.